The molecule has 0 aliphatic heterocycles. The van der Waals surface area contributed by atoms with Crippen LogP contribution in [-0.2, 0) is 9.53 Å². The van der Waals surface area contributed by atoms with Crippen LogP contribution in [0.25, 0.3) is 0 Å². The zero-order valence-corrected chi connectivity index (χ0v) is 13.9. The number of ether oxygens (including phenoxy) is 1. The van der Waals surface area contributed by atoms with Crippen molar-refractivity contribution in [3.8, 4) is 0 Å². The van der Waals surface area contributed by atoms with Crippen LogP contribution in [0.4, 0.5) is 0 Å². The summed E-state index contributed by atoms with van der Waals surface area (Å²) in [6.07, 6.45) is 5.82. The predicted molar refractivity (Wildman–Crippen MR) is 84.8 cm³/mol. The molecule has 0 aromatic carbocycles. The van der Waals surface area contributed by atoms with Gasteiger partial charge in [-0.15, -0.1) is 0 Å². The van der Waals surface area contributed by atoms with Crippen molar-refractivity contribution in [2.45, 2.75) is 65.3 Å². The Labute approximate surface area is 123 Å². The Bertz CT molecular complexity index is 236. The quantitative estimate of drug-likeness (QED) is 0.440. The third-order valence-corrected chi connectivity index (χ3v) is 4.31. The molecule has 3 nitrogen and oxygen atoms in total. The predicted octanol–water partition coefficient (Wildman–Crippen LogP) is 3.62. The second-order valence-electron chi connectivity index (χ2n) is 5.01. The van der Waals surface area contributed by atoms with E-state index in [0.717, 1.165) is 25.1 Å². The highest BCUT2D eigenvalue weighted by atomic mass is 32.2. The van der Waals surface area contributed by atoms with Gasteiger partial charge < -0.3 is 10.1 Å². The summed E-state index contributed by atoms with van der Waals surface area (Å²) in [5.41, 5.74) is -0.519. The molecule has 19 heavy (non-hydrogen) atoms. The van der Waals surface area contributed by atoms with Gasteiger partial charge in [-0.2, -0.15) is 11.8 Å². The number of nitrogens with one attached hydrogen (secondary N) is 1. The first-order valence-electron chi connectivity index (χ1n) is 7.60. The lowest BCUT2D eigenvalue weighted by Gasteiger charge is -2.28. The van der Waals surface area contributed by atoms with E-state index >= 15 is 0 Å². The zero-order chi connectivity index (χ0) is 14.6. The van der Waals surface area contributed by atoms with Crippen LogP contribution < -0.4 is 5.32 Å². The van der Waals surface area contributed by atoms with Gasteiger partial charge in [0, 0.05) is 0 Å². The number of thioether (sulfide) groups is 1. The number of unbranched alkanes of at least 4 members (excludes halogenated alkanes) is 2. The molecule has 0 radical (unpaired) electrons. The zero-order valence-electron chi connectivity index (χ0n) is 13.1. The summed E-state index contributed by atoms with van der Waals surface area (Å²) >= 11 is 2.00. The third-order valence-electron chi connectivity index (χ3n) is 3.15. The summed E-state index contributed by atoms with van der Waals surface area (Å²) in [6.45, 7) is 9.30. The number of hydrogen-bond acceptors (Lipinski definition) is 4. The lowest BCUT2D eigenvalue weighted by Crippen LogP contribution is -2.50. The standard InChI is InChI=1S/C15H31NO2S/c1-5-8-9-12-19-13-10-11-15(4,16-6-2)14(17)18-7-3/h16H,5-13H2,1-4H3. The molecular formula is C15H31NO2S. The van der Waals surface area contributed by atoms with Gasteiger partial charge in [-0.1, -0.05) is 26.7 Å². The van der Waals surface area contributed by atoms with Crippen molar-refractivity contribution in [1.29, 1.82) is 0 Å². The molecule has 0 saturated carbocycles. The second kappa shape index (κ2) is 11.6. The molecule has 1 atom stereocenters. The summed E-state index contributed by atoms with van der Waals surface area (Å²) < 4.78 is 5.16. The molecule has 0 aromatic heterocycles. The monoisotopic (exact) mass is 289 g/mol. The summed E-state index contributed by atoms with van der Waals surface area (Å²) in [7, 11) is 0. The van der Waals surface area contributed by atoms with Crippen molar-refractivity contribution in [2.75, 3.05) is 24.7 Å². The van der Waals surface area contributed by atoms with Gasteiger partial charge in [-0.05, 0) is 51.2 Å². The van der Waals surface area contributed by atoms with Gasteiger partial charge in [0.15, 0.2) is 0 Å². The fourth-order valence-corrected chi connectivity index (χ4v) is 2.99. The minimum Gasteiger partial charge on any atom is -0.465 e. The summed E-state index contributed by atoms with van der Waals surface area (Å²) in [5, 5.41) is 3.27. The lowest BCUT2D eigenvalue weighted by molar-refractivity contribution is -0.150. The molecular weight excluding hydrogens is 258 g/mol. The smallest absolute Gasteiger partial charge is 0.326 e. The van der Waals surface area contributed by atoms with Gasteiger partial charge in [0.25, 0.3) is 0 Å². The molecule has 0 fully saturated rings. The van der Waals surface area contributed by atoms with E-state index in [2.05, 4.69) is 12.2 Å². The average molecular weight is 289 g/mol. The van der Waals surface area contributed by atoms with Crippen molar-refractivity contribution in [1.82, 2.24) is 5.32 Å². The minimum absolute atomic E-state index is 0.118. The van der Waals surface area contributed by atoms with E-state index in [1.54, 1.807) is 0 Å². The van der Waals surface area contributed by atoms with Gasteiger partial charge in [0.2, 0.25) is 0 Å². The Morgan fingerprint density at radius 3 is 2.42 bits per heavy atom. The molecule has 0 saturated heterocycles. The molecule has 114 valence electrons. The highest BCUT2D eigenvalue weighted by Crippen LogP contribution is 2.17. The molecule has 0 bridgehead atoms. The fraction of sp³-hybridized carbons (Fsp3) is 0.933. The molecule has 0 aromatic rings. The van der Waals surface area contributed by atoms with Crippen molar-refractivity contribution < 1.29 is 9.53 Å². The van der Waals surface area contributed by atoms with E-state index in [1.165, 1.54) is 25.0 Å². The van der Waals surface area contributed by atoms with Crippen molar-refractivity contribution in [3.05, 3.63) is 0 Å². The van der Waals surface area contributed by atoms with Crippen LogP contribution in [0.3, 0.4) is 0 Å². The third kappa shape index (κ3) is 8.53. The maximum atomic E-state index is 12.0. The van der Waals surface area contributed by atoms with Gasteiger partial charge in [-0.25, -0.2) is 0 Å². The molecule has 0 rings (SSSR count). The topological polar surface area (TPSA) is 38.3 Å². The van der Waals surface area contributed by atoms with Crippen LogP contribution in [0.1, 0.15) is 59.8 Å². The number of carbonyl (C=O) groups is 1. The van der Waals surface area contributed by atoms with E-state index in [4.69, 9.17) is 4.74 Å². The SMILES string of the molecule is CCCCCSCCCC(C)(NCC)C(=O)OCC. The molecule has 0 aliphatic carbocycles. The van der Waals surface area contributed by atoms with Crippen LogP contribution >= 0.6 is 11.8 Å². The molecule has 0 heterocycles. The highest BCUT2D eigenvalue weighted by molar-refractivity contribution is 7.99. The molecule has 0 spiro atoms. The summed E-state index contributed by atoms with van der Waals surface area (Å²) in [4.78, 5) is 12.0. The fourth-order valence-electron chi connectivity index (χ4n) is 2.03. The Kier molecular flexibility index (Phi) is 11.5. The van der Waals surface area contributed by atoms with E-state index in [1.807, 2.05) is 32.5 Å². The van der Waals surface area contributed by atoms with Crippen molar-refractivity contribution in [3.63, 3.8) is 0 Å². The molecule has 4 heteroatoms. The number of esters is 1. The van der Waals surface area contributed by atoms with Crippen LogP contribution in [0.2, 0.25) is 0 Å². The Morgan fingerprint density at radius 1 is 1.16 bits per heavy atom. The van der Waals surface area contributed by atoms with E-state index < -0.39 is 5.54 Å². The van der Waals surface area contributed by atoms with E-state index in [-0.39, 0.29) is 5.97 Å². The summed E-state index contributed by atoms with van der Waals surface area (Å²) in [5.74, 6) is 2.25. The van der Waals surface area contributed by atoms with Crippen molar-refractivity contribution >= 4 is 17.7 Å². The highest BCUT2D eigenvalue weighted by Gasteiger charge is 2.32. The molecule has 0 amide bonds. The Morgan fingerprint density at radius 2 is 1.84 bits per heavy atom. The van der Waals surface area contributed by atoms with Crippen molar-refractivity contribution in [2.24, 2.45) is 0 Å². The number of likely N-dealkylation sites (N-methyl/N-ethyl adjacent to an activating group) is 1. The van der Waals surface area contributed by atoms with Gasteiger partial charge in [-0.3, -0.25) is 4.79 Å². The van der Waals surface area contributed by atoms with E-state index in [9.17, 15) is 4.79 Å². The molecule has 1 N–H and O–H groups in total. The Hall–Kier alpha value is -0.220. The average Bonchev–Trinajstić information content (AvgIpc) is 2.38. The maximum Gasteiger partial charge on any atom is 0.326 e. The normalized spacial score (nSPS) is 14.1. The van der Waals surface area contributed by atoms with Crippen LogP contribution in [0.15, 0.2) is 0 Å². The summed E-state index contributed by atoms with van der Waals surface area (Å²) in [6, 6.07) is 0. The van der Waals surface area contributed by atoms with Gasteiger partial charge >= 0.3 is 5.97 Å². The van der Waals surface area contributed by atoms with Crippen LogP contribution in [0.5, 0.6) is 0 Å². The van der Waals surface area contributed by atoms with Crippen LogP contribution in [-0.4, -0.2) is 36.2 Å². The lowest BCUT2D eigenvalue weighted by atomic mass is 9.96. The first-order chi connectivity index (χ1) is 9.10. The first-order valence-corrected chi connectivity index (χ1v) is 8.76. The number of rotatable bonds is 12. The number of carbonyl (C=O) groups excluding carboxylic acids is 1. The minimum atomic E-state index is -0.519. The molecule has 1 unspecified atom stereocenters. The Balaban J connectivity index is 3.90. The largest absolute Gasteiger partial charge is 0.465 e. The molecule has 0 aliphatic rings. The van der Waals surface area contributed by atoms with Crippen LogP contribution in [0, 0.1) is 0 Å². The van der Waals surface area contributed by atoms with E-state index in [0.29, 0.717) is 6.61 Å². The first kappa shape index (κ1) is 18.8. The maximum absolute atomic E-state index is 12.0. The second-order valence-corrected chi connectivity index (χ2v) is 6.23. The van der Waals surface area contributed by atoms with Gasteiger partial charge in [0.05, 0.1) is 6.61 Å². The van der Waals surface area contributed by atoms with Gasteiger partial charge in [0.1, 0.15) is 5.54 Å². The number of hydrogen-bond donors (Lipinski definition) is 1.